The van der Waals surface area contributed by atoms with Gasteiger partial charge in [0.15, 0.2) is 2.14 Å². The first kappa shape index (κ1) is 14.0. The molecule has 0 aromatic carbocycles. The zero-order valence-electron chi connectivity index (χ0n) is 8.90. The van der Waals surface area contributed by atoms with Gasteiger partial charge in [0.2, 0.25) is 17.6 Å². The van der Waals surface area contributed by atoms with Crippen molar-refractivity contribution in [3.8, 4) is 0 Å². The molecule has 0 unspecified atom stereocenters. The Morgan fingerprint density at radius 1 is 1.17 bits per heavy atom. The first-order chi connectivity index (χ1) is 8.32. The summed E-state index contributed by atoms with van der Waals surface area (Å²) in [7, 11) is 0. The zero-order chi connectivity index (χ0) is 13.5. The van der Waals surface area contributed by atoms with Gasteiger partial charge < -0.3 is 0 Å². The van der Waals surface area contributed by atoms with E-state index in [9.17, 15) is 14.4 Å². The number of rotatable bonds is 2. The average Bonchev–Trinajstić information content (AvgIpc) is 2.83. The third kappa shape index (κ3) is 2.46. The smallest absolute Gasteiger partial charge is 0.249 e. The van der Waals surface area contributed by atoms with Crippen LogP contribution in [0.5, 0.6) is 0 Å². The summed E-state index contributed by atoms with van der Waals surface area (Å²) in [6, 6.07) is 3.14. The van der Waals surface area contributed by atoms with Crippen molar-refractivity contribution >= 4 is 65.4 Å². The van der Waals surface area contributed by atoms with Crippen molar-refractivity contribution in [2.45, 2.75) is 15.0 Å². The van der Waals surface area contributed by atoms with Crippen molar-refractivity contribution in [2.24, 2.45) is 0 Å². The fourth-order valence-corrected chi connectivity index (χ4v) is 2.29. The molecule has 1 aromatic rings. The highest BCUT2D eigenvalue weighted by Gasteiger charge is 2.36. The molecule has 2 rings (SSSR count). The number of ketones is 1. The molecule has 2 amide bonds. The Morgan fingerprint density at radius 2 is 1.72 bits per heavy atom. The van der Waals surface area contributed by atoms with Crippen LogP contribution >= 0.6 is 47.8 Å². The minimum atomic E-state index is -1.12. The topological polar surface area (TPSA) is 59.4 Å². The van der Waals surface area contributed by atoms with Crippen LogP contribution in [0.15, 0.2) is 18.3 Å². The molecule has 0 aliphatic carbocycles. The van der Waals surface area contributed by atoms with E-state index in [0.29, 0.717) is 0 Å². The lowest BCUT2D eigenvalue weighted by molar-refractivity contribution is -0.123. The van der Waals surface area contributed by atoms with Gasteiger partial charge in [-0.2, -0.15) is 5.01 Å². The van der Waals surface area contributed by atoms with E-state index in [1.54, 1.807) is 12.1 Å². The molecule has 1 aromatic heterocycles. The Kier molecular flexibility index (Phi) is 3.80. The van der Waals surface area contributed by atoms with Gasteiger partial charge in [0.1, 0.15) is 5.69 Å². The van der Waals surface area contributed by atoms with Crippen molar-refractivity contribution in [3.05, 3.63) is 24.0 Å². The molecule has 1 saturated heterocycles. The van der Waals surface area contributed by atoms with Gasteiger partial charge in [-0.1, -0.05) is 47.8 Å². The molecular formula is C10H7Br3N2O3. The predicted octanol–water partition coefficient (Wildman–Crippen LogP) is 2.29. The molecule has 0 spiro atoms. The molecule has 2 heterocycles. The van der Waals surface area contributed by atoms with Crippen LogP contribution in [0.3, 0.4) is 0 Å². The number of Topliss-reactive ketones (excluding diaryl/α,β-unsaturated/α-hetero) is 1. The molecule has 0 atom stereocenters. The van der Waals surface area contributed by atoms with Gasteiger partial charge in [-0.05, 0) is 12.1 Å². The SMILES string of the molecule is O=C1CCC(=O)N1n1cccc1C(=O)C(Br)(Br)Br. The van der Waals surface area contributed by atoms with E-state index in [-0.39, 0.29) is 36.1 Å². The fourth-order valence-electron chi connectivity index (χ4n) is 1.68. The van der Waals surface area contributed by atoms with E-state index < -0.39 is 2.14 Å². The van der Waals surface area contributed by atoms with Crippen molar-refractivity contribution in [1.82, 2.24) is 4.68 Å². The molecule has 8 heteroatoms. The average molecular weight is 443 g/mol. The number of imide groups is 1. The number of aromatic nitrogens is 1. The number of carbonyl (C=O) groups is 3. The second kappa shape index (κ2) is 4.90. The van der Waals surface area contributed by atoms with Gasteiger partial charge in [0.25, 0.3) is 0 Å². The summed E-state index contributed by atoms with van der Waals surface area (Å²) in [5.74, 6) is -0.968. The molecule has 18 heavy (non-hydrogen) atoms. The monoisotopic (exact) mass is 440 g/mol. The maximum Gasteiger partial charge on any atom is 0.249 e. The van der Waals surface area contributed by atoms with Crippen LogP contribution in [-0.4, -0.2) is 24.4 Å². The van der Waals surface area contributed by atoms with Gasteiger partial charge in [-0.3, -0.25) is 14.4 Å². The number of carbonyl (C=O) groups excluding carboxylic acids is 3. The van der Waals surface area contributed by atoms with Crippen LogP contribution in [0.4, 0.5) is 0 Å². The largest absolute Gasteiger partial charge is 0.289 e. The summed E-state index contributed by atoms with van der Waals surface area (Å²) >= 11 is 9.36. The highest BCUT2D eigenvalue weighted by atomic mass is 80.0. The fraction of sp³-hybridized carbons (Fsp3) is 0.300. The third-order valence-electron chi connectivity index (χ3n) is 2.46. The first-order valence-corrected chi connectivity index (χ1v) is 7.35. The van der Waals surface area contributed by atoms with Crippen molar-refractivity contribution < 1.29 is 14.4 Å². The normalized spacial score (nSPS) is 16.5. The first-order valence-electron chi connectivity index (χ1n) is 4.97. The van der Waals surface area contributed by atoms with Crippen LogP contribution in [0.1, 0.15) is 23.3 Å². The number of hydrogen-bond acceptors (Lipinski definition) is 3. The minimum Gasteiger partial charge on any atom is -0.289 e. The van der Waals surface area contributed by atoms with Gasteiger partial charge in [0, 0.05) is 19.0 Å². The summed E-state index contributed by atoms with van der Waals surface area (Å²) in [6.45, 7) is 0. The van der Waals surface area contributed by atoms with Crippen LogP contribution < -0.4 is 5.01 Å². The lowest BCUT2D eigenvalue weighted by atomic mass is 10.3. The van der Waals surface area contributed by atoms with Crippen molar-refractivity contribution in [3.63, 3.8) is 0 Å². The number of amides is 2. The van der Waals surface area contributed by atoms with Crippen molar-refractivity contribution in [2.75, 3.05) is 5.01 Å². The molecule has 96 valence electrons. The molecular weight excluding hydrogens is 436 g/mol. The summed E-state index contributed by atoms with van der Waals surface area (Å²) in [5.41, 5.74) is 0.226. The van der Waals surface area contributed by atoms with Gasteiger partial charge in [0.05, 0.1) is 0 Å². The predicted molar refractivity (Wildman–Crippen MR) is 75.7 cm³/mol. The number of hydrogen-bond donors (Lipinski definition) is 0. The molecule has 0 bridgehead atoms. The van der Waals surface area contributed by atoms with E-state index in [0.717, 1.165) is 5.01 Å². The quantitative estimate of drug-likeness (QED) is 0.401. The van der Waals surface area contributed by atoms with E-state index in [1.165, 1.54) is 10.9 Å². The molecule has 0 radical (unpaired) electrons. The third-order valence-corrected chi connectivity index (χ3v) is 3.54. The maximum atomic E-state index is 12.1. The Balaban J connectivity index is 2.43. The molecule has 1 aliphatic heterocycles. The lowest BCUT2D eigenvalue weighted by Crippen LogP contribution is -2.41. The maximum absolute atomic E-state index is 12.1. The highest BCUT2D eigenvalue weighted by Crippen LogP contribution is 2.37. The lowest BCUT2D eigenvalue weighted by Gasteiger charge is -2.20. The molecule has 0 saturated carbocycles. The Labute approximate surface area is 128 Å². The zero-order valence-corrected chi connectivity index (χ0v) is 13.7. The van der Waals surface area contributed by atoms with E-state index in [2.05, 4.69) is 47.8 Å². The van der Waals surface area contributed by atoms with Gasteiger partial charge >= 0.3 is 0 Å². The van der Waals surface area contributed by atoms with Crippen LogP contribution in [0.2, 0.25) is 0 Å². The molecule has 1 fully saturated rings. The van der Waals surface area contributed by atoms with E-state index >= 15 is 0 Å². The van der Waals surface area contributed by atoms with Crippen LogP contribution in [0.25, 0.3) is 0 Å². The Bertz CT molecular complexity index is 517. The summed E-state index contributed by atoms with van der Waals surface area (Å²) < 4.78 is 0.160. The molecule has 1 aliphatic rings. The molecule has 5 nitrogen and oxygen atoms in total. The molecule has 0 N–H and O–H groups in total. The summed E-state index contributed by atoms with van der Waals surface area (Å²) in [5, 5.41) is 0.992. The highest BCUT2D eigenvalue weighted by molar-refractivity contribution is 9.40. The second-order valence-corrected chi connectivity index (χ2v) is 10.4. The standard InChI is InChI=1S/C10H7Br3N2O3/c11-10(12,13)9(18)6-2-1-5-14(6)15-7(16)3-4-8(15)17/h1-2,5H,3-4H2. The number of nitrogens with zero attached hydrogens (tertiary/aromatic N) is 2. The van der Waals surface area contributed by atoms with Crippen LogP contribution in [-0.2, 0) is 9.59 Å². The van der Waals surface area contributed by atoms with Crippen LogP contribution in [0, 0.1) is 0 Å². The summed E-state index contributed by atoms with van der Waals surface area (Å²) in [4.78, 5) is 35.4. The van der Waals surface area contributed by atoms with Crippen molar-refractivity contribution in [1.29, 1.82) is 0 Å². The number of halogens is 3. The van der Waals surface area contributed by atoms with Gasteiger partial charge in [-0.25, -0.2) is 4.68 Å². The Hall–Kier alpha value is -0.470. The van der Waals surface area contributed by atoms with E-state index in [1.807, 2.05) is 0 Å². The number of alkyl halides is 3. The Morgan fingerprint density at radius 3 is 2.22 bits per heavy atom. The minimum absolute atomic E-state index is 0.173. The second-order valence-electron chi connectivity index (χ2n) is 3.66. The van der Waals surface area contributed by atoms with E-state index in [4.69, 9.17) is 0 Å². The van der Waals surface area contributed by atoms with Gasteiger partial charge in [-0.15, -0.1) is 0 Å². The summed E-state index contributed by atoms with van der Waals surface area (Å²) in [6.07, 6.45) is 1.85.